The molecular weight excluding hydrogens is 350 g/mol. The Morgan fingerprint density at radius 2 is 2.07 bits per heavy atom. The average Bonchev–Trinajstić information content (AvgIpc) is 3.41. The van der Waals surface area contributed by atoms with Gasteiger partial charge in [-0.1, -0.05) is 0 Å². The summed E-state index contributed by atoms with van der Waals surface area (Å²) in [7, 11) is 0. The molecule has 0 bridgehead atoms. The molecule has 1 N–H and O–H groups in total. The van der Waals surface area contributed by atoms with E-state index in [1.807, 2.05) is 31.3 Å². The van der Waals surface area contributed by atoms with Crippen molar-refractivity contribution >= 4 is 34.0 Å². The van der Waals surface area contributed by atoms with Gasteiger partial charge in [-0.15, -0.1) is 0 Å². The number of nitrogens with one attached hydrogen (secondary N) is 1. The number of hydrogen-bond acceptors (Lipinski definition) is 6. The van der Waals surface area contributed by atoms with Gasteiger partial charge in [0.1, 0.15) is 11.5 Å². The highest BCUT2D eigenvalue weighted by Crippen LogP contribution is 2.36. The van der Waals surface area contributed by atoms with Gasteiger partial charge in [0.25, 0.3) is 0 Å². The number of aromatic amines is 1. The minimum atomic E-state index is 0.662. The first-order valence-corrected chi connectivity index (χ1v) is 9.07. The van der Waals surface area contributed by atoms with E-state index in [-0.39, 0.29) is 0 Å². The van der Waals surface area contributed by atoms with E-state index >= 15 is 0 Å². The van der Waals surface area contributed by atoms with Gasteiger partial charge >= 0.3 is 0 Å². The van der Waals surface area contributed by atoms with Crippen LogP contribution in [-0.2, 0) is 0 Å². The zero-order valence-corrected chi connectivity index (χ0v) is 15.1. The molecular formula is C21H15N7. The zero-order valence-electron chi connectivity index (χ0n) is 15.1. The fourth-order valence-corrected chi connectivity index (χ4v) is 3.85. The highest BCUT2D eigenvalue weighted by Gasteiger charge is 2.26. The number of aromatic nitrogens is 5. The van der Waals surface area contributed by atoms with E-state index in [1.54, 1.807) is 18.6 Å². The highest BCUT2D eigenvalue weighted by molar-refractivity contribution is 5.97. The Hall–Kier alpha value is -3.87. The molecule has 0 saturated heterocycles. The lowest BCUT2D eigenvalue weighted by molar-refractivity contribution is 1.03. The number of anilines is 1. The Morgan fingerprint density at radius 3 is 3.04 bits per heavy atom. The Morgan fingerprint density at radius 1 is 1.11 bits per heavy atom. The van der Waals surface area contributed by atoms with Gasteiger partial charge in [-0.2, -0.15) is 0 Å². The zero-order chi connectivity index (χ0) is 18.7. The molecule has 0 saturated carbocycles. The number of pyridine rings is 2. The Kier molecular flexibility index (Phi) is 3.02. The van der Waals surface area contributed by atoms with Crippen molar-refractivity contribution in [3.63, 3.8) is 0 Å². The highest BCUT2D eigenvalue weighted by atomic mass is 15.2. The van der Waals surface area contributed by atoms with Gasteiger partial charge in [-0.05, 0) is 37.3 Å². The van der Waals surface area contributed by atoms with Crippen LogP contribution < -0.4 is 4.90 Å². The molecule has 2 aliphatic rings. The molecule has 134 valence electrons. The molecule has 28 heavy (non-hydrogen) atoms. The van der Waals surface area contributed by atoms with Gasteiger partial charge in [0.2, 0.25) is 0 Å². The molecule has 0 fully saturated rings. The van der Waals surface area contributed by atoms with Crippen molar-refractivity contribution in [2.75, 3.05) is 11.4 Å². The van der Waals surface area contributed by atoms with Gasteiger partial charge < -0.3 is 9.88 Å². The third kappa shape index (κ3) is 2.13. The first-order chi connectivity index (χ1) is 13.8. The van der Waals surface area contributed by atoms with E-state index in [9.17, 15) is 0 Å². The first kappa shape index (κ1) is 15.2. The monoisotopic (exact) mass is 365 g/mol. The summed E-state index contributed by atoms with van der Waals surface area (Å²) in [6, 6.07) is 6.00. The molecule has 0 aromatic carbocycles. The number of hydrogen-bond donors (Lipinski definition) is 1. The Bertz CT molecular complexity index is 1360. The van der Waals surface area contributed by atoms with Crippen molar-refractivity contribution in [1.29, 1.82) is 0 Å². The van der Waals surface area contributed by atoms with Crippen LogP contribution in [0.1, 0.15) is 5.69 Å². The fraction of sp³-hybridized carbons (Fsp3) is 0.0952. The third-order valence-electron chi connectivity index (χ3n) is 5.11. The number of nitrogens with zero attached hydrogens (tertiary/aromatic N) is 6. The smallest absolute Gasteiger partial charge is 0.163 e. The summed E-state index contributed by atoms with van der Waals surface area (Å²) >= 11 is 0. The summed E-state index contributed by atoms with van der Waals surface area (Å²) in [6.45, 7) is 2.76. The molecule has 0 spiro atoms. The summed E-state index contributed by atoms with van der Waals surface area (Å²) in [4.78, 5) is 28.4. The standard InChI is InChI=1S/C21H15N7/c1-12-10-15-13(3-7-24-19(15)25-12)20-26-17-11-22-6-2-14(17)21(27-20)28-9-5-16-18(28)4-8-23-16/h2-8,10-11H,9H2,1H3,(H,24,25). The van der Waals surface area contributed by atoms with E-state index in [4.69, 9.17) is 9.97 Å². The van der Waals surface area contributed by atoms with E-state index in [0.717, 1.165) is 57.0 Å². The lowest BCUT2D eigenvalue weighted by Crippen LogP contribution is -2.19. The number of aryl methyl sites for hydroxylation is 1. The molecule has 6 rings (SSSR count). The van der Waals surface area contributed by atoms with Crippen LogP contribution in [0.25, 0.3) is 33.3 Å². The van der Waals surface area contributed by atoms with Crippen molar-refractivity contribution in [2.24, 2.45) is 4.99 Å². The predicted molar refractivity (Wildman–Crippen MR) is 109 cm³/mol. The van der Waals surface area contributed by atoms with Gasteiger partial charge in [0.05, 0.1) is 23.1 Å². The first-order valence-electron chi connectivity index (χ1n) is 9.07. The van der Waals surface area contributed by atoms with Crippen molar-refractivity contribution < 1.29 is 0 Å². The van der Waals surface area contributed by atoms with Gasteiger partial charge in [-0.25, -0.2) is 15.0 Å². The SMILES string of the molecule is Cc1cc2c(-c3nc(N4CC=C5N=CC=C54)c4ccncc4n3)ccnc2[nH]1. The van der Waals surface area contributed by atoms with Crippen LogP contribution in [0.15, 0.2) is 65.3 Å². The van der Waals surface area contributed by atoms with Gasteiger partial charge in [0.15, 0.2) is 5.82 Å². The summed E-state index contributed by atoms with van der Waals surface area (Å²) in [5.74, 6) is 1.53. The van der Waals surface area contributed by atoms with Crippen LogP contribution in [0, 0.1) is 6.92 Å². The normalized spacial score (nSPS) is 15.4. The maximum Gasteiger partial charge on any atom is 0.163 e. The molecule has 2 aliphatic heterocycles. The maximum atomic E-state index is 4.99. The predicted octanol–water partition coefficient (Wildman–Crippen LogP) is 3.55. The topological polar surface area (TPSA) is 82.9 Å². The van der Waals surface area contributed by atoms with Crippen LogP contribution in [0.4, 0.5) is 5.82 Å². The van der Waals surface area contributed by atoms with Crippen LogP contribution >= 0.6 is 0 Å². The molecule has 0 amide bonds. The summed E-state index contributed by atoms with van der Waals surface area (Å²) < 4.78 is 0. The van der Waals surface area contributed by atoms with Crippen LogP contribution in [0.3, 0.4) is 0 Å². The molecule has 7 heteroatoms. The molecule has 6 heterocycles. The summed E-state index contributed by atoms with van der Waals surface area (Å²) in [5, 5.41) is 1.98. The molecule has 4 aromatic rings. The van der Waals surface area contributed by atoms with E-state index in [2.05, 4.69) is 37.0 Å². The molecule has 0 atom stereocenters. The van der Waals surface area contributed by atoms with Crippen LogP contribution in [-0.4, -0.2) is 37.7 Å². The quantitative estimate of drug-likeness (QED) is 0.587. The van der Waals surface area contributed by atoms with Gasteiger partial charge in [0, 0.05) is 47.2 Å². The van der Waals surface area contributed by atoms with E-state index in [1.165, 1.54) is 0 Å². The molecule has 4 aromatic heterocycles. The second kappa shape index (κ2) is 5.56. The van der Waals surface area contributed by atoms with Crippen molar-refractivity contribution in [2.45, 2.75) is 6.92 Å². The average molecular weight is 365 g/mol. The van der Waals surface area contributed by atoms with Gasteiger partial charge in [-0.3, -0.25) is 9.98 Å². The molecule has 0 radical (unpaired) electrons. The number of rotatable bonds is 2. The molecule has 0 unspecified atom stereocenters. The fourth-order valence-electron chi connectivity index (χ4n) is 3.85. The number of H-pyrrole nitrogens is 1. The largest absolute Gasteiger partial charge is 0.344 e. The number of aliphatic imine (C=N–C) groups is 1. The minimum Gasteiger partial charge on any atom is -0.344 e. The van der Waals surface area contributed by atoms with Crippen molar-refractivity contribution in [1.82, 2.24) is 24.9 Å². The van der Waals surface area contributed by atoms with Crippen LogP contribution in [0.5, 0.6) is 0 Å². The summed E-state index contributed by atoms with van der Waals surface area (Å²) in [6.07, 6.45) is 11.3. The Balaban J connectivity index is 1.61. The maximum absolute atomic E-state index is 4.99. The second-order valence-electron chi connectivity index (χ2n) is 6.87. The summed E-state index contributed by atoms with van der Waals surface area (Å²) in [5.41, 5.74) is 5.72. The number of allylic oxidation sites excluding steroid dienone is 1. The van der Waals surface area contributed by atoms with E-state index in [0.29, 0.717) is 5.82 Å². The van der Waals surface area contributed by atoms with E-state index < -0.39 is 0 Å². The second-order valence-corrected chi connectivity index (χ2v) is 6.87. The van der Waals surface area contributed by atoms with Crippen molar-refractivity contribution in [3.05, 3.63) is 66.0 Å². The number of fused-ring (bicyclic) bond motifs is 3. The third-order valence-corrected chi connectivity index (χ3v) is 5.11. The lowest BCUT2D eigenvalue weighted by Gasteiger charge is -2.21. The molecule has 0 aliphatic carbocycles. The molecule has 7 nitrogen and oxygen atoms in total. The van der Waals surface area contributed by atoms with Crippen molar-refractivity contribution in [3.8, 4) is 11.4 Å². The minimum absolute atomic E-state index is 0.662. The lowest BCUT2D eigenvalue weighted by atomic mass is 10.1. The van der Waals surface area contributed by atoms with Crippen LogP contribution in [0.2, 0.25) is 0 Å². The Labute approximate surface area is 160 Å².